The number of hydrogen-bond donors (Lipinski definition) is 2. The van der Waals surface area contributed by atoms with Crippen LogP contribution in [-0.2, 0) is 14.8 Å². The van der Waals surface area contributed by atoms with Crippen LogP contribution in [0.15, 0.2) is 69.2 Å². The molecule has 2 aromatic carbocycles. The third-order valence-electron chi connectivity index (χ3n) is 5.51. The Labute approximate surface area is 172 Å². The standard InChI is InChI=1S/C21H18FN3O4S/c22-14-9-7-13(8-10-14)18-19(26)17(21(27)25(18)11-12-5-6-12)20-23-15-3-1-2-4-16(15)30(28,29)24-20/h1-4,7-10,12,18,26H,5-6,11H2,(H,23,24)/t18-/m0/s1. The minimum atomic E-state index is -4.03. The highest BCUT2D eigenvalue weighted by Crippen LogP contribution is 2.42. The van der Waals surface area contributed by atoms with Gasteiger partial charge in [-0.3, -0.25) is 4.79 Å². The maximum Gasteiger partial charge on any atom is 0.286 e. The lowest BCUT2D eigenvalue weighted by atomic mass is 10.0. The lowest BCUT2D eigenvalue weighted by molar-refractivity contribution is -0.127. The molecule has 1 fully saturated rings. The second-order valence-corrected chi connectivity index (χ2v) is 9.22. The summed E-state index contributed by atoms with van der Waals surface area (Å²) in [5.74, 6) is -1.11. The number of amidine groups is 1. The highest BCUT2D eigenvalue weighted by Gasteiger charge is 2.45. The molecular formula is C21H18FN3O4S. The van der Waals surface area contributed by atoms with Crippen LogP contribution in [0.4, 0.5) is 10.1 Å². The molecule has 2 heterocycles. The zero-order valence-electron chi connectivity index (χ0n) is 15.7. The zero-order valence-corrected chi connectivity index (χ0v) is 16.6. The number of amides is 1. The average Bonchev–Trinajstić information content (AvgIpc) is 3.48. The fourth-order valence-corrected chi connectivity index (χ4v) is 4.97. The summed E-state index contributed by atoms with van der Waals surface area (Å²) >= 11 is 0. The van der Waals surface area contributed by atoms with Crippen molar-refractivity contribution in [3.63, 3.8) is 0 Å². The van der Waals surface area contributed by atoms with Crippen LogP contribution in [0, 0.1) is 11.7 Å². The molecule has 1 atom stereocenters. The molecule has 0 spiro atoms. The maximum atomic E-state index is 13.4. The van der Waals surface area contributed by atoms with Gasteiger partial charge in [0.05, 0.1) is 5.69 Å². The second kappa shape index (κ2) is 6.66. The molecule has 1 aliphatic carbocycles. The third-order valence-corrected chi connectivity index (χ3v) is 6.84. The first kappa shape index (κ1) is 18.8. The van der Waals surface area contributed by atoms with Gasteiger partial charge in [-0.25, -0.2) is 4.39 Å². The van der Waals surface area contributed by atoms with Crippen molar-refractivity contribution < 1.29 is 22.7 Å². The monoisotopic (exact) mass is 427 g/mol. The topological polar surface area (TPSA) is 99.1 Å². The van der Waals surface area contributed by atoms with Gasteiger partial charge in [0.15, 0.2) is 5.84 Å². The first-order valence-electron chi connectivity index (χ1n) is 9.56. The van der Waals surface area contributed by atoms with E-state index < -0.39 is 27.8 Å². The highest BCUT2D eigenvalue weighted by molar-refractivity contribution is 7.90. The number of sulfonamides is 1. The Morgan fingerprint density at radius 1 is 1.13 bits per heavy atom. The minimum absolute atomic E-state index is 0.00390. The predicted molar refractivity (Wildman–Crippen MR) is 108 cm³/mol. The van der Waals surface area contributed by atoms with Gasteiger partial charge in [-0.15, -0.1) is 4.40 Å². The van der Waals surface area contributed by atoms with Gasteiger partial charge >= 0.3 is 0 Å². The molecule has 3 aliphatic rings. The minimum Gasteiger partial charge on any atom is -0.509 e. The van der Waals surface area contributed by atoms with Crippen molar-refractivity contribution in [2.45, 2.75) is 23.8 Å². The average molecular weight is 427 g/mol. The van der Waals surface area contributed by atoms with E-state index in [-0.39, 0.29) is 27.8 Å². The molecule has 2 N–H and O–H groups in total. The van der Waals surface area contributed by atoms with Gasteiger partial charge in [0.25, 0.3) is 15.9 Å². The number of benzene rings is 2. The maximum absolute atomic E-state index is 13.4. The van der Waals surface area contributed by atoms with Crippen LogP contribution in [-0.4, -0.2) is 36.7 Å². The van der Waals surface area contributed by atoms with E-state index in [2.05, 4.69) is 9.71 Å². The Kier molecular flexibility index (Phi) is 4.18. The van der Waals surface area contributed by atoms with E-state index in [9.17, 15) is 22.7 Å². The van der Waals surface area contributed by atoms with E-state index in [1.807, 2.05) is 0 Å². The molecule has 0 unspecified atom stereocenters. The van der Waals surface area contributed by atoms with E-state index in [0.717, 1.165) is 12.8 Å². The summed E-state index contributed by atoms with van der Waals surface area (Å²) in [6, 6.07) is 10.9. The molecule has 2 aliphatic heterocycles. The van der Waals surface area contributed by atoms with Crippen LogP contribution in [0.5, 0.6) is 0 Å². The molecule has 2 aromatic rings. The molecule has 0 radical (unpaired) electrons. The van der Waals surface area contributed by atoms with Crippen molar-refractivity contribution in [3.05, 3.63) is 71.2 Å². The summed E-state index contributed by atoms with van der Waals surface area (Å²) < 4.78 is 42.4. The van der Waals surface area contributed by atoms with E-state index >= 15 is 0 Å². The Morgan fingerprint density at radius 2 is 1.83 bits per heavy atom. The zero-order chi connectivity index (χ0) is 21.0. The molecule has 9 heteroatoms. The SMILES string of the molecule is O=C1C(C2=NS(=O)(=O)c3ccccc3N2)=C(O)[C@H](c2ccc(F)cc2)N1CC1CC1. The second-order valence-electron chi connectivity index (χ2n) is 7.65. The molecule has 7 nitrogen and oxygen atoms in total. The Bertz CT molecular complexity index is 1220. The molecule has 154 valence electrons. The van der Waals surface area contributed by atoms with Crippen molar-refractivity contribution in [1.82, 2.24) is 4.90 Å². The number of hydrogen-bond acceptors (Lipinski definition) is 5. The van der Waals surface area contributed by atoms with Gasteiger partial charge in [-0.2, -0.15) is 8.42 Å². The van der Waals surface area contributed by atoms with Gasteiger partial charge in [0.1, 0.15) is 28.1 Å². The number of rotatable bonds is 4. The smallest absolute Gasteiger partial charge is 0.286 e. The lowest BCUT2D eigenvalue weighted by Gasteiger charge is -2.25. The fourth-order valence-electron chi connectivity index (χ4n) is 3.85. The molecular weight excluding hydrogens is 409 g/mol. The van der Waals surface area contributed by atoms with Crippen molar-refractivity contribution >= 4 is 27.5 Å². The van der Waals surface area contributed by atoms with Crippen LogP contribution in [0.3, 0.4) is 0 Å². The van der Waals surface area contributed by atoms with Crippen molar-refractivity contribution in [2.75, 3.05) is 11.9 Å². The van der Waals surface area contributed by atoms with Gasteiger partial charge in [-0.05, 0) is 48.6 Å². The first-order chi connectivity index (χ1) is 14.3. The van der Waals surface area contributed by atoms with Crippen LogP contribution in [0.2, 0.25) is 0 Å². The predicted octanol–water partition coefficient (Wildman–Crippen LogP) is 3.14. The quantitative estimate of drug-likeness (QED) is 0.781. The van der Waals surface area contributed by atoms with E-state index in [1.165, 1.54) is 35.2 Å². The number of aliphatic hydroxyl groups excluding tert-OH is 1. The number of nitrogens with zero attached hydrogens (tertiary/aromatic N) is 2. The van der Waals surface area contributed by atoms with E-state index in [1.54, 1.807) is 18.2 Å². The summed E-state index contributed by atoms with van der Waals surface area (Å²) in [5, 5.41) is 13.9. The summed E-state index contributed by atoms with van der Waals surface area (Å²) in [6.07, 6.45) is 1.97. The van der Waals surface area contributed by atoms with Crippen molar-refractivity contribution in [1.29, 1.82) is 0 Å². The summed E-state index contributed by atoms with van der Waals surface area (Å²) in [6.45, 7) is 0.422. The van der Waals surface area contributed by atoms with Gasteiger partial charge in [0, 0.05) is 6.54 Å². The number of aliphatic hydroxyl groups is 1. The fraction of sp³-hybridized carbons (Fsp3) is 0.238. The summed E-state index contributed by atoms with van der Waals surface area (Å²) in [7, 11) is -4.03. The van der Waals surface area contributed by atoms with E-state index in [0.29, 0.717) is 18.0 Å². The van der Waals surface area contributed by atoms with Crippen LogP contribution in [0.25, 0.3) is 0 Å². The first-order valence-corrected chi connectivity index (χ1v) is 11.0. The molecule has 0 bridgehead atoms. The Balaban J connectivity index is 1.61. The summed E-state index contributed by atoms with van der Waals surface area (Å²) in [4.78, 5) is 14.8. The lowest BCUT2D eigenvalue weighted by Crippen LogP contribution is -2.34. The molecule has 5 rings (SSSR count). The van der Waals surface area contributed by atoms with E-state index in [4.69, 9.17) is 0 Å². The number of carbonyl (C=O) groups excluding carboxylic acids is 1. The summed E-state index contributed by atoms with van der Waals surface area (Å²) in [5.41, 5.74) is 0.648. The molecule has 0 aromatic heterocycles. The largest absolute Gasteiger partial charge is 0.509 e. The normalized spacial score (nSPS) is 22.6. The van der Waals surface area contributed by atoms with Crippen LogP contribution in [0.1, 0.15) is 24.4 Å². The van der Waals surface area contributed by atoms with Crippen molar-refractivity contribution in [3.8, 4) is 0 Å². The Hall–Kier alpha value is -3.20. The highest BCUT2D eigenvalue weighted by atomic mass is 32.2. The Morgan fingerprint density at radius 3 is 2.53 bits per heavy atom. The molecule has 1 saturated carbocycles. The molecule has 0 saturated heterocycles. The third kappa shape index (κ3) is 3.06. The van der Waals surface area contributed by atoms with Crippen LogP contribution >= 0.6 is 0 Å². The molecule has 30 heavy (non-hydrogen) atoms. The number of anilines is 1. The van der Waals surface area contributed by atoms with Crippen molar-refractivity contribution in [2.24, 2.45) is 10.3 Å². The number of carbonyl (C=O) groups is 1. The van der Waals surface area contributed by atoms with Gasteiger partial charge in [0.2, 0.25) is 0 Å². The van der Waals surface area contributed by atoms with Gasteiger partial charge < -0.3 is 15.3 Å². The van der Waals surface area contributed by atoms with Crippen LogP contribution < -0.4 is 5.32 Å². The van der Waals surface area contributed by atoms with Gasteiger partial charge in [-0.1, -0.05) is 24.3 Å². The number of para-hydroxylation sites is 1. The number of fused-ring (bicyclic) bond motifs is 1. The molecule has 1 amide bonds. The number of halogens is 1. The number of nitrogens with one attached hydrogen (secondary N) is 1.